The quantitative estimate of drug-likeness (QED) is 0.766. The van der Waals surface area contributed by atoms with Gasteiger partial charge in [-0.15, -0.1) is 0 Å². The van der Waals surface area contributed by atoms with Gasteiger partial charge < -0.3 is 14.8 Å². The van der Waals surface area contributed by atoms with Crippen molar-refractivity contribution in [1.82, 2.24) is 15.0 Å². The van der Waals surface area contributed by atoms with E-state index >= 15 is 0 Å². The molecule has 0 amide bonds. The highest BCUT2D eigenvalue weighted by Gasteiger charge is 2.13. The van der Waals surface area contributed by atoms with Crippen LogP contribution in [0.5, 0.6) is 5.75 Å². The molecule has 21 heavy (non-hydrogen) atoms. The van der Waals surface area contributed by atoms with Crippen molar-refractivity contribution in [3.63, 3.8) is 0 Å². The molecule has 106 valence electrons. The lowest BCUT2D eigenvalue weighted by molar-refractivity contribution is 0.0698. The van der Waals surface area contributed by atoms with Crippen molar-refractivity contribution < 1.29 is 14.6 Å². The van der Waals surface area contributed by atoms with E-state index in [-0.39, 0.29) is 5.56 Å². The van der Waals surface area contributed by atoms with Crippen molar-refractivity contribution in [2.45, 2.75) is 6.42 Å². The number of nitrogens with zero attached hydrogens (tertiary/aromatic N) is 2. The van der Waals surface area contributed by atoms with Gasteiger partial charge >= 0.3 is 5.97 Å². The summed E-state index contributed by atoms with van der Waals surface area (Å²) in [4.78, 5) is 22.6. The summed E-state index contributed by atoms with van der Waals surface area (Å²) in [6.45, 7) is 0. The topological polar surface area (TPSA) is 88.1 Å². The normalized spacial score (nSPS) is 10.7. The van der Waals surface area contributed by atoms with Crippen LogP contribution in [0.25, 0.3) is 11.2 Å². The fraction of sp³-hybridized carbons (Fsp3) is 0.133. The van der Waals surface area contributed by atoms with E-state index in [1.807, 2.05) is 24.3 Å². The molecule has 0 aliphatic carbocycles. The van der Waals surface area contributed by atoms with Gasteiger partial charge in [-0.2, -0.15) is 0 Å². The molecule has 0 spiro atoms. The first kappa shape index (κ1) is 13.1. The second-order valence-corrected chi connectivity index (χ2v) is 4.57. The Hall–Kier alpha value is -2.89. The second-order valence-electron chi connectivity index (χ2n) is 4.57. The van der Waals surface area contributed by atoms with Crippen LogP contribution in [-0.4, -0.2) is 33.1 Å². The number of aromatic amines is 1. The zero-order chi connectivity index (χ0) is 14.8. The average molecular weight is 283 g/mol. The molecule has 6 heteroatoms. The third-order valence-electron chi connectivity index (χ3n) is 3.20. The fourth-order valence-electron chi connectivity index (χ4n) is 2.16. The number of H-pyrrole nitrogens is 1. The highest BCUT2D eigenvalue weighted by Crippen LogP contribution is 2.17. The standard InChI is InChI=1S/C15H13N3O3/c1-21-10-4-2-9(3-5-10)8-12-17-13-11(15(19)20)6-7-16-14(13)18-12/h2-7H,8H2,1H3,(H,19,20)(H,16,17,18). The molecule has 6 nitrogen and oxygen atoms in total. The van der Waals surface area contributed by atoms with Crippen LogP contribution in [0.2, 0.25) is 0 Å². The SMILES string of the molecule is COc1ccc(Cc2nc3nccc(C(=O)O)c3[nH]2)cc1. The Morgan fingerprint density at radius 3 is 2.71 bits per heavy atom. The van der Waals surface area contributed by atoms with Gasteiger partial charge in [0.15, 0.2) is 5.65 Å². The maximum atomic E-state index is 11.2. The van der Waals surface area contributed by atoms with Crippen molar-refractivity contribution in [3.05, 3.63) is 53.5 Å². The molecule has 0 fully saturated rings. The smallest absolute Gasteiger partial charge is 0.338 e. The van der Waals surface area contributed by atoms with Gasteiger partial charge in [-0.05, 0) is 23.8 Å². The third-order valence-corrected chi connectivity index (χ3v) is 3.20. The van der Waals surface area contributed by atoms with Gasteiger partial charge in [-0.25, -0.2) is 14.8 Å². The molecule has 0 radical (unpaired) electrons. The van der Waals surface area contributed by atoms with Crippen LogP contribution in [0.3, 0.4) is 0 Å². The molecular weight excluding hydrogens is 270 g/mol. The minimum absolute atomic E-state index is 0.175. The number of fused-ring (bicyclic) bond motifs is 1. The van der Waals surface area contributed by atoms with E-state index in [0.29, 0.717) is 23.4 Å². The first-order valence-corrected chi connectivity index (χ1v) is 6.37. The van der Waals surface area contributed by atoms with Gasteiger partial charge in [0, 0.05) is 12.6 Å². The van der Waals surface area contributed by atoms with Crippen molar-refractivity contribution in [2.75, 3.05) is 7.11 Å². The Bertz CT molecular complexity index is 794. The number of aromatic nitrogens is 3. The van der Waals surface area contributed by atoms with Crippen LogP contribution in [0.15, 0.2) is 36.5 Å². The summed E-state index contributed by atoms with van der Waals surface area (Å²) in [5.74, 6) is 0.469. The van der Waals surface area contributed by atoms with Crippen LogP contribution in [0, 0.1) is 0 Å². The van der Waals surface area contributed by atoms with Gasteiger partial charge in [0.1, 0.15) is 11.6 Å². The Morgan fingerprint density at radius 2 is 2.05 bits per heavy atom. The molecule has 1 aromatic carbocycles. The summed E-state index contributed by atoms with van der Waals surface area (Å²) in [5, 5.41) is 9.15. The van der Waals surface area contributed by atoms with Crippen LogP contribution in [-0.2, 0) is 6.42 Å². The van der Waals surface area contributed by atoms with Crippen molar-refractivity contribution in [3.8, 4) is 5.75 Å². The predicted octanol–water partition coefficient (Wildman–Crippen LogP) is 2.26. The summed E-state index contributed by atoms with van der Waals surface area (Å²) in [6.07, 6.45) is 2.02. The number of rotatable bonds is 4. The minimum Gasteiger partial charge on any atom is -0.497 e. The molecule has 2 heterocycles. The summed E-state index contributed by atoms with van der Waals surface area (Å²) in [6, 6.07) is 9.09. The Morgan fingerprint density at radius 1 is 1.29 bits per heavy atom. The third kappa shape index (κ3) is 2.55. The fourth-order valence-corrected chi connectivity index (χ4v) is 2.16. The number of nitrogens with one attached hydrogen (secondary N) is 1. The van der Waals surface area contributed by atoms with E-state index in [4.69, 9.17) is 9.84 Å². The highest BCUT2D eigenvalue weighted by molar-refractivity contribution is 5.99. The number of carbonyl (C=O) groups is 1. The largest absolute Gasteiger partial charge is 0.497 e. The number of pyridine rings is 1. The number of benzene rings is 1. The molecule has 2 aromatic heterocycles. The zero-order valence-electron chi connectivity index (χ0n) is 11.3. The minimum atomic E-state index is -0.998. The molecule has 0 aliphatic heterocycles. The lowest BCUT2D eigenvalue weighted by Gasteiger charge is -2.01. The predicted molar refractivity (Wildman–Crippen MR) is 76.6 cm³/mol. The van der Waals surface area contributed by atoms with Crippen LogP contribution in [0.4, 0.5) is 0 Å². The number of ether oxygens (including phenoxy) is 1. The van der Waals surface area contributed by atoms with Gasteiger partial charge in [-0.1, -0.05) is 12.1 Å². The van der Waals surface area contributed by atoms with Gasteiger partial charge in [0.25, 0.3) is 0 Å². The Balaban J connectivity index is 1.93. The van der Waals surface area contributed by atoms with E-state index in [1.54, 1.807) is 7.11 Å². The molecule has 0 saturated carbocycles. The summed E-state index contributed by atoms with van der Waals surface area (Å²) < 4.78 is 5.11. The lowest BCUT2D eigenvalue weighted by atomic mass is 10.1. The lowest BCUT2D eigenvalue weighted by Crippen LogP contribution is -1.97. The zero-order valence-corrected chi connectivity index (χ0v) is 11.3. The number of hydrogen-bond acceptors (Lipinski definition) is 4. The van der Waals surface area contributed by atoms with Crippen molar-refractivity contribution in [2.24, 2.45) is 0 Å². The van der Waals surface area contributed by atoms with E-state index in [0.717, 1.165) is 11.3 Å². The molecule has 0 atom stereocenters. The van der Waals surface area contributed by atoms with Crippen molar-refractivity contribution >= 4 is 17.1 Å². The van der Waals surface area contributed by atoms with Crippen LogP contribution < -0.4 is 4.74 Å². The molecule has 0 bridgehead atoms. The van der Waals surface area contributed by atoms with E-state index in [2.05, 4.69) is 15.0 Å². The van der Waals surface area contributed by atoms with E-state index < -0.39 is 5.97 Å². The molecule has 0 aliphatic rings. The average Bonchev–Trinajstić information content (AvgIpc) is 2.89. The maximum Gasteiger partial charge on any atom is 0.338 e. The first-order chi connectivity index (χ1) is 10.2. The van der Waals surface area contributed by atoms with Crippen LogP contribution in [0.1, 0.15) is 21.7 Å². The van der Waals surface area contributed by atoms with Gasteiger partial charge in [0.05, 0.1) is 18.2 Å². The molecular formula is C15H13N3O3. The number of carboxylic acid groups (broad SMARTS) is 1. The summed E-state index contributed by atoms with van der Waals surface area (Å²) in [5.41, 5.74) is 2.09. The van der Waals surface area contributed by atoms with E-state index in [9.17, 15) is 4.79 Å². The highest BCUT2D eigenvalue weighted by atomic mass is 16.5. The maximum absolute atomic E-state index is 11.2. The molecule has 2 N–H and O–H groups in total. The van der Waals surface area contributed by atoms with Crippen molar-refractivity contribution in [1.29, 1.82) is 0 Å². The Kier molecular flexibility index (Phi) is 3.27. The molecule has 0 unspecified atom stereocenters. The first-order valence-electron chi connectivity index (χ1n) is 6.37. The number of methoxy groups -OCH3 is 1. The van der Waals surface area contributed by atoms with E-state index in [1.165, 1.54) is 12.3 Å². The molecule has 3 aromatic rings. The Labute approximate surface area is 120 Å². The molecule has 3 rings (SSSR count). The van der Waals surface area contributed by atoms with Gasteiger partial charge in [-0.3, -0.25) is 0 Å². The monoisotopic (exact) mass is 283 g/mol. The second kappa shape index (κ2) is 5.24. The summed E-state index contributed by atoms with van der Waals surface area (Å²) >= 11 is 0. The number of imidazole rings is 1. The van der Waals surface area contributed by atoms with Gasteiger partial charge in [0.2, 0.25) is 0 Å². The number of carboxylic acids is 1. The molecule has 0 saturated heterocycles. The summed E-state index contributed by atoms with van der Waals surface area (Å²) in [7, 11) is 1.62. The van der Waals surface area contributed by atoms with Crippen LogP contribution >= 0.6 is 0 Å². The number of hydrogen-bond donors (Lipinski definition) is 2. The number of aromatic carboxylic acids is 1.